The largest absolute Gasteiger partial charge is 0.478 e. The zero-order valence-electron chi connectivity index (χ0n) is 10.0. The fraction of sp³-hybridized carbons (Fsp3) is 0. The first-order valence-electron chi connectivity index (χ1n) is 5.48. The van der Waals surface area contributed by atoms with Crippen molar-refractivity contribution < 1.29 is 14.8 Å². The smallest absolute Gasteiger partial charge is 0.336 e. The molecule has 20 heavy (non-hydrogen) atoms. The van der Waals surface area contributed by atoms with Crippen molar-refractivity contribution >= 4 is 28.9 Å². The number of aromatic carboxylic acids is 1. The van der Waals surface area contributed by atoms with Crippen LogP contribution >= 0.6 is 11.6 Å². The summed E-state index contributed by atoms with van der Waals surface area (Å²) < 4.78 is 0. The molecule has 0 saturated carbocycles. The summed E-state index contributed by atoms with van der Waals surface area (Å²) in [7, 11) is 0. The van der Waals surface area contributed by atoms with Gasteiger partial charge in [-0.15, -0.1) is 0 Å². The van der Waals surface area contributed by atoms with Crippen LogP contribution in [0.4, 0.5) is 11.4 Å². The van der Waals surface area contributed by atoms with Crippen LogP contribution in [0.25, 0.3) is 11.1 Å². The first kappa shape index (κ1) is 13.8. The van der Waals surface area contributed by atoms with Crippen molar-refractivity contribution in [2.24, 2.45) is 0 Å². The Hall–Kier alpha value is -2.60. The van der Waals surface area contributed by atoms with Crippen LogP contribution in [0.5, 0.6) is 0 Å². The van der Waals surface area contributed by atoms with Crippen LogP contribution in [0.1, 0.15) is 10.4 Å². The Morgan fingerprint density at radius 1 is 1.25 bits per heavy atom. The van der Waals surface area contributed by atoms with Gasteiger partial charge in [-0.05, 0) is 17.7 Å². The van der Waals surface area contributed by atoms with Crippen molar-refractivity contribution in [3.63, 3.8) is 0 Å². The lowest BCUT2D eigenvalue weighted by Crippen LogP contribution is -2.01. The van der Waals surface area contributed by atoms with Gasteiger partial charge in [0.1, 0.15) is 5.02 Å². The first-order valence-corrected chi connectivity index (χ1v) is 5.85. The van der Waals surface area contributed by atoms with Gasteiger partial charge >= 0.3 is 5.97 Å². The second-order valence-electron chi connectivity index (χ2n) is 4.00. The monoisotopic (exact) mass is 292 g/mol. The molecule has 7 heteroatoms. The van der Waals surface area contributed by atoms with Crippen LogP contribution in [0.15, 0.2) is 36.4 Å². The summed E-state index contributed by atoms with van der Waals surface area (Å²) in [4.78, 5) is 21.4. The molecule has 0 bridgehead atoms. The number of nitrogens with zero attached hydrogens (tertiary/aromatic N) is 1. The van der Waals surface area contributed by atoms with E-state index in [2.05, 4.69) is 0 Å². The molecule has 0 atom stereocenters. The Kier molecular flexibility index (Phi) is 3.58. The van der Waals surface area contributed by atoms with Crippen LogP contribution in [-0.2, 0) is 0 Å². The highest BCUT2D eigenvalue weighted by Gasteiger charge is 2.19. The van der Waals surface area contributed by atoms with E-state index < -0.39 is 10.9 Å². The number of nitro benzene ring substituents is 1. The van der Waals surface area contributed by atoms with E-state index in [1.54, 1.807) is 12.1 Å². The van der Waals surface area contributed by atoms with E-state index in [0.717, 1.165) is 0 Å². The highest BCUT2D eigenvalue weighted by molar-refractivity contribution is 6.33. The lowest BCUT2D eigenvalue weighted by atomic mass is 9.98. The van der Waals surface area contributed by atoms with Crippen LogP contribution in [0, 0.1) is 10.1 Å². The molecule has 2 aromatic rings. The summed E-state index contributed by atoms with van der Waals surface area (Å²) in [5.74, 6) is -1.14. The van der Waals surface area contributed by atoms with Crippen molar-refractivity contribution in [1.82, 2.24) is 0 Å². The maximum atomic E-state index is 11.2. The summed E-state index contributed by atoms with van der Waals surface area (Å²) >= 11 is 5.75. The summed E-state index contributed by atoms with van der Waals surface area (Å²) in [5, 5.41) is 20.0. The van der Waals surface area contributed by atoms with Gasteiger partial charge in [-0.1, -0.05) is 29.8 Å². The third-order valence-electron chi connectivity index (χ3n) is 2.76. The summed E-state index contributed by atoms with van der Waals surface area (Å²) in [6, 6.07) is 8.55. The SMILES string of the molecule is Nc1cc(Cl)c([N+](=O)[O-])cc1-c1ccccc1C(=O)O. The fourth-order valence-corrected chi connectivity index (χ4v) is 2.10. The molecule has 0 aliphatic rings. The number of anilines is 1. The second-order valence-corrected chi connectivity index (χ2v) is 4.41. The van der Waals surface area contributed by atoms with E-state index in [4.69, 9.17) is 22.4 Å². The molecule has 0 aliphatic carbocycles. The molecule has 6 nitrogen and oxygen atoms in total. The number of hydrogen-bond donors (Lipinski definition) is 2. The van der Waals surface area contributed by atoms with Gasteiger partial charge in [-0.2, -0.15) is 0 Å². The van der Waals surface area contributed by atoms with Crippen molar-refractivity contribution in [2.45, 2.75) is 0 Å². The molecule has 2 rings (SSSR count). The molecule has 0 saturated heterocycles. The number of nitrogen functional groups attached to an aromatic ring is 1. The first-order chi connectivity index (χ1) is 9.41. The molecule has 0 heterocycles. The second kappa shape index (κ2) is 5.18. The number of carbonyl (C=O) groups is 1. The summed E-state index contributed by atoms with van der Waals surface area (Å²) in [6.45, 7) is 0. The van der Waals surface area contributed by atoms with Gasteiger partial charge in [-0.25, -0.2) is 4.79 Å². The molecular formula is C13H9ClN2O4. The minimum absolute atomic E-state index is 0.0100. The molecule has 0 unspecified atom stereocenters. The van der Waals surface area contributed by atoms with Gasteiger partial charge < -0.3 is 10.8 Å². The number of carboxylic acid groups (broad SMARTS) is 1. The van der Waals surface area contributed by atoms with E-state index in [9.17, 15) is 14.9 Å². The maximum absolute atomic E-state index is 11.2. The van der Waals surface area contributed by atoms with E-state index >= 15 is 0 Å². The van der Waals surface area contributed by atoms with Gasteiger partial charge in [0, 0.05) is 17.3 Å². The zero-order chi connectivity index (χ0) is 14.9. The molecule has 0 aliphatic heterocycles. The van der Waals surface area contributed by atoms with E-state index in [1.807, 2.05) is 0 Å². The fourth-order valence-electron chi connectivity index (χ4n) is 1.85. The summed E-state index contributed by atoms with van der Waals surface area (Å²) in [6.07, 6.45) is 0. The molecule has 0 fully saturated rings. The molecule has 102 valence electrons. The highest BCUT2D eigenvalue weighted by atomic mass is 35.5. The van der Waals surface area contributed by atoms with Crippen molar-refractivity contribution in [3.05, 3.63) is 57.1 Å². The molecule has 0 amide bonds. The van der Waals surface area contributed by atoms with Crippen molar-refractivity contribution in [1.29, 1.82) is 0 Å². The predicted molar refractivity (Wildman–Crippen MR) is 74.9 cm³/mol. The standard InChI is InChI=1S/C13H9ClN2O4/c14-10-6-11(15)9(5-12(10)16(19)20)7-3-1-2-4-8(7)13(17)18/h1-6H,15H2,(H,17,18). The average molecular weight is 293 g/mol. The number of rotatable bonds is 3. The summed E-state index contributed by atoms with van der Waals surface area (Å²) in [5.41, 5.74) is 6.22. The van der Waals surface area contributed by atoms with E-state index in [-0.39, 0.29) is 27.5 Å². The number of halogens is 1. The minimum Gasteiger partial charge on any atom is -0.478 e. The molecule has 0 spiro atoms. The Morgan fingerprint density at radius 2 is 1.90 bits per heavy atom. The number of nitro groups is 1. The van der Waals surface area contributed by atoms with Gasteiger partial charge in [-0.3, -0.25) is 10.1 Å². The van der Waals surface area contributed by atoms with Gasteiger partial charge in [0.05, 0.1) is 10.5 Å². The average Bonchev–Trinajstić information content (AvgIpc) is 2.38. The number of nitrogens with two attached hydrogens (primary N) is 1. The van der Waals surface area contributed by atoms with Crippen molar-refractivity contribution in [3.8, 4) is 11.1 Å². The Bertz CT molecular complexity index is 716. The van der Waals surface area contributed by atoms with Crippen LogP contribution in [0.2, 0.25) is 5.02 Å². The molecule has 2 aromatic carbocycles. The van der Waals surface area contributed by atoms with Crippen LogP contribution in [0.3, 0.4) is 0 Å². The molecular weight excluding hydrogens is 284 g/mol. The third kappa shape index (κ3) is 2.41. The van der Waals surface area contributed by atoms with E-state index in [1.165, 1.54) is 24.3 Å². The molecule has 3 N–H and O–H groups in total. The van der Waals surface area contributed by atoms with Gasteiger partial charge in [0.2, 0.25) is 0 Å². The zero-order valence-corrected chi connectivity index (χ0v) is 10.8. The van der Waals surface area contributed by atoms with Crippen LogP contribution < -0.4 is 5.73 Å². The number of benzene rings is 2. The van der Waals surface area contributed by atoms with E-state index in [0.29, 0.717) is 5.56 Å². The Balaban J connectivity index is 2.73. The number of hydrogen-bond acceptors (Lipinski definition) is 4. The third-order valence-corrected chi connectivity index (χ3v) is 3.07. The van der Waals surface area contributed by atoms with Gasteiger partial charge in [0.15, 0.2) is 0 Å². The lowest BCUT2D eigenvalue weighted by Gasteiger charge is -2.09. The molecule has 0 aromatic heterocycles. The lowest BCUT2D eigenvalue weighted by molar-refractivity contribution is -0.384. The predicted octanol–water partition coefficient (Wildman–Crippen LogP) is 3.20. The van der Waals surface area contributed by atoms with Crippen molar-refractivity contribution in [2.75, 3.05) is 5.73 Å². The van der Waals surface area contributed by atoms with Crippen LogP contribution in [-0.4, -0.2) is 16.0 Å². The normalized spacial score (nSPS) is 10.2. The minimum atomic E-state index is -1.14. The quantitative estimate of drug-likeness (QED) is 0.513. The van der Waals surface area contributed by atoms with Gasteiger partial charge in [0.25, 0.3) is 5.69 Å². The number of carboxylic acids is 1. The Morgan fingerprint density at radius 3 is 2.50 bits per heavy atom. The maximum Gasteiger partial charge on any atom is 0.336 e. The topological polar surface area (TPSA) is 106 Å². The highest BCUT2D eigenvalue weighted by Crippen LogP contribution is 2.36. The molecule has 0 radical (unpaired) electrons. The Labute approximate surface area is 118 Å².